The van der Waals surface area contributed by atoms with E-state index in [1.807, 2.05) is 0 Å². The van der Waals surface area contributed by atoms with Crippen molar-refractivity contribution in [2.45, 2.75) is 23.6 Å². The van der Waals surface area contributed by atoms with Crippen molar-refractivity contribution < 1.29 is 56.4 Å². The van der Waals surface area contributed by atoms with E-state index in [0.29, 0.717) is 10.8 Å². The second-order valence-corrected chi connectivity index (χ2v) is 14.1. The van der Waals surface area contributed by atoms with Crippen molar-refractivity contribution in [2.75, 3.05) is 0 Å². The first-order valence-corrected chi connectivity index (χ1v) is 18.0. The summed E-state index contributed by atoms with van der Waals surface area (Å²) in [5.41, 5.74) is 0.550. The number of hydrogen-bond acceptors (Lipinski definition) is 14. The normalized spacial score (nSPS) is 11.7. The second kappa shape index (κ2) is 16.9. The Hall–Kier alpha value is -5.48. The Morgan fingerprint density at radius 2 is 0.909 bits per heavy atom. The topological polar surface area (TPSA) is 285 Å². The SMILES string of the molecule is Cc1ccc([N+](=O)O)c(N=Nc2c(O)ccc3cccc(S(=O)(=O)[O-])c23)c1.Cc1ccc([N+](=O)O)c(N=Nc2c(O)ccc3cccc(S(=O)(=O)[O-])c23)c1.[Ca+2]. The van der Waals surface area contributed by atoms with E-state index in [1.165, 1.54) is 60.7 Å². The number of hydrogen-bond donors (Lipinski definition) is 4. The van der Waals surface area contributed by atoms with E-state index < -0.39 is 41.5 Å². The molecule has 0 aliphatic carbocycles. The molecule has 6 rings (SSSR count). The number of benzene rings is 6. The Bertz CT molecular complexity index is 2610. The van der Waals surface area contributed by atoms with Gasteiger partial charge in [0.05, 0.1) is 19.6 Å². The van der Waals surface area contributed by atoms with Crippen molar-refractivity contribution in [3.8, 4) is 11.5 Å². The molecule has 0 saturated heterocycles. The van der Waals surface area contributed by atoms with Crippen LogP contribution >= 0.6 is 0 Å². The van der Waals surface area contributed by atoms with Crippen LogP contribution in [0.2, 0.25) is 0 Å². The van der Waals surface area contributed by atoms with Gasteiger partial charge in [-0.25, -0.2) is 27.3 Å². The number of phenolic OH excluding ortho intramolecular Hbond substituents is 2. The van der Waals surface area contributed by atoms with Gasteiger partial charge in [-0.3, -0.25) is 0 Å². The van der Waals surface area contributed by atoms with Crippen molar-refractivity contribution in [2.24, 2.45) is 20.5 Å². The summed E-state index contributed by atoms with van der Waals surface area (Å²) < 4.78 is 69.5. The summed E-state index contributed by atoms with van der Waals surface area (Å²) in [5, 5.41) is 54.6. The summed E-state index contributed by atoms with van der Waals surface area (Å²) in [5.74, 6) is -0.806. The van der Waals surface area contributed by atoms with Crippen molar-refractivity contribution in [3.05, 3.63) is 118 Å². The van der Waals surface area contributed by atoms with Crippen LogP contribution in [0.4, 0.5) is 34.1 Å². The number of fused-ring (bicyclic) bond motifs is 2. The predicted molar refractivity (Wildman–Crippen MR) is 194 cm³/mol. The predicted octanol–water partition coefficient (Wildman–Crippen LogP) is 7.57. The van der Waals surface area contributed by atoms with E-state index >= 15 is 0 Å². The van der Waals surface area contributed by atoms with Crippen LogP contribution in [0.3, 0.4) is 0 Å². The van der Waals surface area contributed by atoms with Gasteiger partial charge < -0.3 is 19.3 Å². The molecule has 0 aromatic heterocycles. The van der Waals surface area contributed by atoms with E-state index in [1.54, 1.807) is 38.1 Å². The quantitative estimate of drug-likeness (QED) is 0.0501. The van der Waals surface area contributed by atoms with Crippen molar-refractivity contribution in [1.82, 2.24) is 0 Å². The molecule has 276 valence electrons. The molecule has 18 nitrogen and oxygen atoms in total. The van der Waals surface area contributed by atoms with Gasteiger partial charge in [0.1, 0.15) is 43.1 Å². The first kappa shape index (κ1) is 42.3. The van der Waals surface area contributed by atoms with Gasteiger partial charge >= 0.3 is 49.1 Å². The first-order valence-electron chi connectivity index (χ1n) is 15.1. The molecule has 0 aliphatic heterocycles. The summed E-state index contributed by atoms with van der Waals surface area (Å²) in [6.45, 7) is 3.46. The van der Waals surface area contributed by atoms with Crippen LogP contribution in [0, 0.1) is 23.7 Å². The van der Waals surface area contributed by atoms with Crippen LogP contribution in [0.1, 0.15) is 11.1 Å². The molecular weight excluding hydrogens is 789 g/mol. The molecular formula is C34H26CaN6O12S2+2. The van der Waals surface area contributed by atoms with E-state index in [0.717, 1.165) is 23.3 Å². The van der Waals surface area contributed by atoms with Crippen molar-refractivity contribution in [1.29, 1.82) is 0 Å². The molecule has 6 aromatic carbocycles. The third-order valence-electron chi connectivity index (χ3n) is 7.65. The summed E-state index contributed by atoms with van der Waals surface area (Å²) >= 11 is 0. The maximum atomic E-state index is 11.6. The molecule has 21 heteroatoms. The number of aromatic hydroxyl groups is 2. The van der Waals surface area contributed by atoms with Gasteiger partial charge in [0.2, 0.25) is 0 Å². The minimum atomic E-state index is -4.84. The van der Waals surface area contributed by atoms with E-state index in [-0.39, 0.29) is 92.5 Å². The molecule has 0 radical (unpaired) electrons. The summed E-state index contributed by atoms with van der Waals surface area (Å²) in [6, 6.07) is 22.3. The van der Waals surface area contributed by atoms with Gasteiger partial charge in [-0.1, -0.05) is 48.5 Å². The minimum Gasteiger partial charge on any atom is -0.744 e. The molecule has 0 heterocycles. The molecule has 4 N–H and O–H groups in total. The molecule has 6 aromatic rings. The van der Waals surface area contributed by atoms with Gasteiger partial charge in [0, 0.05) is 22.9 Å². The van der Waals surface area contributed by atoms with Crippen LogP contribution in [-0.2, 0) is 20.2 Å². The summed E-state index contributed by atoms with van der Waals surface area (Å²) in [7, 11) is -9.68. The smallest absolute Gasteiger partial charge is 0.744 e. The second-order valence-electron chi connectivity index (χ2n) is 11.4. The fourth-order valence-corrected chi connectivity index (χ4v) is 6.63. The fourth-order valence-electron chi connectivity index (χ4n) is 5.21. The Kier molecular flexibility index (Phi) is 13.0. The number of nitrogens with zero attached hydrogens (tertiary/aromatic N) is 6. The zero-order chi connectivity index (χ0) is 39.5. The maximum absolute atomic E-state index is 11.6. The average Bonchev–Trinajstić information content (AvgIpc) is 3.09. The van der Waals surface area contributed by atoms with E-state index in [2.05, 4.69) is 20.5 Å². The molecule has 0 unspecified atom stereocenters. The largest absolute Gasteiger partial charge is 2.00 e. The van der Waals surface area contributed by atoms with Crippen LogP contribution in [0.5, 0.6) is 11.5 Å². The van der Waals surface area contributed by atoms with Gasteiger partial charge in [-0.05, 0) is 72.1 Å². The molecule has 0 spiro atoms. The number of phenols is 2. The Morgan fingerprint density at radius 3 is 1.24 bits per heavy atom. The Labute approximate surface area is 341 Å². The summed E-state index contributed by atoms with van der Waals surface area (Å²) in [6.07, 6.45) is 0. The number of rotatable bonds is 8. The van der Waals surface area contributed by atoms with Crippen LogP contribution in [-0.4, -0.2) is 94.2 Å². The molecule has 0 amide bonds. The van der Waals surface area contributed by atoms with Gasteiger partial charge in [-0.15, -0.1) is 20.5 Å². The van der Waals surface area contributed by atoms with Crippen LogP contribution < -0.4 is 0 Å². The molecule has 0 aliphatic rings. The van der Waals surface area contributed by atoms with Crippen LogP contribution in [0.15, 0.2) is 127 Å². The van der Waals surface area contributed by atoms with Gasteiger partial charge in [-0.2, -0.15) is 0 Å². The molecule has 0 atom stereocenters. The van der Waals surface area contributed by atoms with Gasteiger partial charge in [0.15, 0.2) is 11.4 Å². The number of azo groups is 2. The summed E-state index contributed by atoms with van der Waals surface area (Å²) in [4.78, 5) is 20.6. The molecule has 0 bridgehead atoms. The van der Waals surface area contributed by atoms with Gasteiger partial charge in [0.25, 0.3) is 9.85 Å². The minimum absolute atomic E-state index is 0. The van der Waals surface area contributed by atoms with Crippen molar-refractivity contribution >= 4 is 114 Å². The van der Waals surface area contributed by atoms with E-state index in [4.69, 9.17) is 0 Å². The van der Waals surface area contributed by atoms with E-state index in [9.17, 15) is 56.4 Å². The molecule has 0 fully saturated rings. The fraction of sp³-hybridized carbons (Fsp3) is 0.0588. The average molecular weight is 815 g/mol. The Morgan fingerprint density at radius 1 is 0.545 bits per heavy atom. The third kappa shape index (κ3) is 9.61. The Balaban J connectivity index is 0.000000240. The maximum Gasteiger partial charge on any atom is 2.00 e. The molecule has 55 heavy (non-hydrogen) atoms. The third-order valence-corrected chi connectivity index (χ3v) is 9.40. The van der Waals surface area contributed by atoms with Crippen molar-refractivity contribution in [3.63, 3.8) is 0 Å². The molecule has 0 saturated carbocycles. The standard InChI is InChI=1S/2C17H13N3O6S.Ca/c2*1-10-5-7-13(20(22)23)12(9-10)18-19-17-14(21)8-6-11-3-2-4-15(16(11)17)27(24,25)26;/h2*2-9H,1H3,(H2-,18,21,22,23,24,25,26);/q;;+2. The zero-order valence-electron chi connectivity index (χ0n) is 28.5. The zero-order valence-corrected chi connectivity index (χ0v) is 32.3. The monoisotopic (exact) mass is 814 g/mol. The van der Waals surface area contributed by atoms with Crippen LogP contribution in [0.25, 0.3) is 21.5 Å². The number of aryl methyl sites for hydroxylation is 2. The first-order chi connectivity index (χ1) is 25.4.